The van der Waals surface area contributed by atoms with Gasteiger partial charge in [-0.25, -0.2) is 4.79 Å². The lowest BCUT2D eigenvalue weighted by Crippen LogP contribution is -2.41. The molecule has 1 aromatic heterocycles. The molecule has 0 aliphatic carbocycles. The molecule has 8 heteroatoms. The van der Waals surface area contributed by atoms with Gasteiger partial charge >= 0.3 is 12.0 Å². The SMILES string of the molecule is CCCNC(=O)NC(=O)COC(=O)Cc1coc2cc(OC)ccc12. The zero-order chi connectivity index (χ0) is 18.2. The van der Waals surface area contributed by atoms with E-state index in [-0.39, 0.29) is 6.42 Å². The van der Waals surface area contributed by atoms with Gasteiger partial charge in [0.2, 0.25) is 0 Å². The molecule has 0 atom stereocenters. The first-order valence-corrected chi connectivity index (χ1v) is 7.81. The molecule has 2 N–H and O–H groups in total. The van der Waals surface area contributed by atoms with Crippen LogP contribution in [0.1, 0.15) is 18.9 Å². The maximum absolute atomic E-state index is 11.9. The monoisotopic (exact) mass is 348 g/mol. The number of methoxy groups -OCH3 is 1. The van der Waals surface area contributed by atoms with Gasteiger partial charge in [0, 0.05) is 23.6 Å². The maximum atomic E-state index is 11.9. The molecule has 134 valence electrons. The second kappa shape index (κ2) is 8.72. The zero-order valence-electron chi connectivity index (χ0n) is 14.1. The van der Waals surface area contributed by atoms with E-state index in [4.69, 9.17) is 13.9 Å². The summed E-state index contributed by atoms with van der Waals surface area (Å²) in [5.41, 5.74) is 1.23. The van der Waals surface area contributed by atoms with Gasteiger partial charge in [-0.3, -0.25) is 14.9 Å². The standard InChI is InChI=1S/C17H20N2O6/c1-3-6-18-17(22)19-15(20)10-25-16(21)7-11-9-24-14-8-12(23-2)4-5-13(11)14/h4-5,8-9H,3,6-7,10H2,1-2H3,(H2,18,19,20,22). The molecule has 0 bridgehead atoms. The predicted octanol–water partition coefficient (Wildman–Crippen LogP) is 1.76. The van der Waals surface area contributed by atoms with Crippen LogP contribution in [-0.2, 0) is 20.7 Å². The Hall–Kier alpha value is -3.03. The number of furan rings is 1. The number of carbonyl (C=O) groups is 3. The fourth-order valence-electron chi connectivity index (χ4n) is 2.13. The highest BCUT2D eigenvalue weighted by Gasteiger charge is 2.14. The van der Waals surface area contributed by atoms with Gasteiger partial charge in [0.1, 0.15) is 11.3 Å². The van der Waals surface area contributed by atoms with Crippen LogP contribution in [0.2, 0.25) is 0 Å². The summed E-state index contributed by atoms with van der Waals surface area (Å²) in [4.78, 5) is 34.7. The van der Waals surface area contributed by atoms with Crippen molar-refractivity contribution in [3.8, 4) is 5.75 Å². The van der Waals surface area contributed by atoms with Crippen LogP contribution in [-0.4, -0.2) is 38.2 Å². The number of benzene rings is 1. The van der Waals surface area contributed by atoms with E-state index in [2.05, 4.69) is 10.6 Å². The van der Waals surface area contributed by atoms with E-state index in [0.717, 1.165) is 11.8 Å². The Morgan fingerprint density at radius 1 is 1.24 bits per heavy atom. The number of esters is 1. The molecule has 0 fully saturated rings. The Balaban J connectivity index is 1.84. The quantitative estimate of drug-likeness (QED) is 0.739. The molecule has 1 aromatic carbocycles. The summed E-state index contributed by atoms with van der Waals surface area (Å²) in [5, 5.41) is 5.32. The summed E-state index contributed by atoms with van der Waals surface area (Å²) < 4.78 is 15.4. The summed E-state index contributed by atoms with van der Waals surface area (Å²) in [5.74, 6) is -0.639. The maximum Gasteiger partial charge on any atom is 0.321 e. The molecule has 3 amide bonds. The van der Waals surface area contributed by atoms with Crippen LogP contribution in [0.5, 0.6) is 5.75 Å². The van der Waals surface area contributed by atoms with Crippen molar-refractivity contribution in [3.63, 3.8) is 0 Å². The van der Waals surface area contributed by atoms with E-state index in [1.54, 1.807) is 25.3 Å². The average molecular weight is 348 g/mol. The highest BCUT2D eigenvalue weighted by molar-refractivity contribution is 5.95. The van der Waals surface area contributed by atoms with E-state index >= 15 is 0 Å². The van der Waals surface area contributed by atoms with Crippen LogP contribution in [0, 0.1) is 0 Å². The van der Waals surface area contributed by atoms with Crippen molar-refractivity contribution in [2.75, 3.05) is 20.3 Å². The van der Waals surface area contributed by atoms with Crippen molar-refractivity contribution >= 4 is 28.9 Å². The summed E-state index contributed by atoms with van der Waals surface area (Å²) in [7, 11) is 1.55. The molecule has 25 heavy (non-hydrogen) atoms. The second-order valence-corrected chi connectivity index (χ2v) is 5.26. The van der Waals surface area contributed by atoms with Gasteiger partial charge in [0.25, 0.3) is 5.91 Å². The Morgan fingerprint density at radius 3 is 2.76 bits per heavy atom. The van der Waals surface area contributed by atoms with E-state index in [9.17, 15) is 14.4 Å². The van der Waals surface area contributed by atoms with Crippen LogP contribution in [0.25, 0.3) is 11.0 Å². The Bertz CT molecular complexity index is 768. The first-order valence-electron chi connectivity index (χ1n) is 7.81. The van der Waals surface area contributed by atoms with Crippen molar-refractivity contribution in [1.29, 1.82) is 0 Å². The Morgan fingerprint density at radius 2 is 2.04 bits per heavy atom. The number of amides is 3. The smallest absolute Gasteiger partial charge is 0.321 e. The van der Waals surface area contributed by atoms with Crippen molar-refractivity contribution in [2.24, 2.45) is 0 Å². The first kappa shape index (κ1) is 18.3. The minimum atomic E-state index is -0.691. The van der Waals surface area contributed by atoms with Gasteiger partial charge in [-0.2, -0.15) is 0 Å². The first-order chi connectivity index (χ1) is 12.0. The molecular weight excluding hydrogens is 328 g/mol. The number of urea groups is 1. The van der Waals surface area contributed by atoms with E-state index < -0.39 is 24.5 Å². The number of ether oxygens (including phenoxy) is 2. The zero-order valence-corrected chi connectivity index (χ0v) is 14.1. The highest BCUT2D eigenvalue weighted by atomic mass is 16.5. The molecule has 0 spiro atoms. The van der Waals surface area contributed by atoms with Crippen LogP contribution < -0.4 is 15.4 Å². The minimum Gasteiger partial charge on any atom is -0.497 e. The predicted molar refractivity (Wildman–Crippen MR) is 89.3 cm³/mol. The number of hydrogen-bond donors (Lipinski definition) is 2. The van der Waals surface area contributed by atoms with Gasteiger partial charge in [0.15, 0.2) is 6.61 Å². The van der Waals surface area contributed by atoms with Crippen LogP contribution in [0.15, 0.2) is 28.9 Å². The van der Waals surface area contributed by atoms with Crippen LogP contribution in [0.4, 0.5) is 4.79 Å². The molecule has 0 saturated carbocycles. The molecule has 0 radical (unpaired) electrons. The van der Waals surface area contributed by atoms with Crippen molar-refractivity contribution < 1.29 is 28.3 Å². The van der Waals surface area contributed by atoms with E-state index in [0.29, 0.717) is 23.4 Å². The number of hydrogen-bond acceptors (Lipinski definition) is 6. The van der Waals surface area contributed by atoms with E-state index in [1.165, 1.54) is 6.26 Å². The van der Waals surface area contributed by atoms with Crippen molar-refractivity contribution in [3.05, 3.63) is 30.0 Å². The van der Waals surface area contributed by atoms with Crippen molar-refractivity contribution in [2.45, 2.75) is 19.8 Å². The van der Waals surface area contributed by atoms with Gasteiger partial charge in [-0.15, -0.1) is 0 Å². The number of nitrogens with one attached hydrogen (secondary N) is 2. The topological polar surface area (TPSA) is 107 Å². The molecule has 0 aliphatic heterocycles. The highest BCUT2D eigenvalue weighted by Crippen LogP contribution is 2.25. The minimum absolute atomic E-state index is 0.0470. The summed E-state index contributed by atoms with van der Waals surface area (Å²) in [6, 6.07) is 4.64. The van der Waals surface area contributed by atoms with E-state index in [1.807, 2.05) is 6.92 Å². The molecule has 8 nitrogen and oxygen atoms in total. The van der Waals surface area contributed by atoms with Crippen molar-refractivity contribution in [1.82, 2.24) is 10.6 Å². The van der Waals surface area contributed by atoms with Gasteiger partial charge < -0.3 is 19.2 Å². The van der Waals surface area contributed by atoms with Crippen LogP contribution in [0.3, 0.4) is 0 Å². The second-order valence-electron chi connectivity index (χ2n) is 5.26. The lowest BCUT2D eigenvalue weighted by atomic mass is 10.1. The Labute approximate surface area is 144 Å². The summed E-state index contributed by atoms with van der Waals surface area (Å²) >= 11 is 0. The largest absolute Gasteiger partial charge is 0.497 e. The molecule has 0 saturated heterocycles. The molecule has 0 aliphatic rings. The molecular formula is C17H20N2O6. The van der Waals surface area contributed by atoms with Gasteiger partial charge in [-0.1, -0.05) is 6.92 Å². The fourth-order valence-corrected chi connectivity index (χ4v) is 2.13. The number of imide groups is 1. The van der Waals surface area contributed by atoms with Gasteiger partial charge in [-0.05, 0) is 18.6 Å². The third-order valence-electron chi connectivity index (χ3n) is 3.35. The van der Waals surface area contributed by atoms with Gasteiger partial charge in [0.05, 0.1) is 19.8 Å². The number of fused-ring (bicyclic) bond motifs is 1. The number of carbonyl (C=O) groups excluding carboxylic acids is 3. The summed E-state index contributed by atoms with van der Waals surface area (Å²) in [6.45, 7) is 1.82. The normalized spacial score (nSPS) is 10.3. The molecule has 1 heterocycles. The molecule has 2 rings (SSSR count). The molecule has 0 unspecified atom stereocenters. The Kier molecular flexibility index (Phi) is 6.39. The fraction of sp³-hybridized carbons (Fsp3) is 0.353. The summed E-state index contributed by atoms with van der Waals surface area (Å²) in [6.07, 6.45) is 2.17. The lowest BCUT2D eigenvalue weighted by molar-refractivity contribution is -0.147. The third-order valence-corrected chi connectivity index (χ3v) is 3.35. The molecule has 2 aromatic rings. The number of rotatable bonds is 7. The lowest BCUT2D eigenvalue weighted by Gasteiger charge is -2.06. The van der Waals surface area contributed by atoms with Crippen LogP contribution >= 0.6 is 0 Å². The average Bonchev–Trinajstić information content (AvgIpc) is 3.00. The third kappa shape index (κ3) is 5.23.